The van der Waals surface area contributed by atoms with Crippen LogP contribution >= 0.6 is 0 Å². The summed E-state index contributed by atoms with van der Waals surface area (Å²) in [4.78, 5) is 72.4. The first-order valence-corrected chi connectivity index (χ1v) is 20.5. The Labute approximate surface area is 389 Å². The summed E-state index contributed by atoms with van der Waals surface area (Å²) in [6.45, 7) is 10.7. The van der Waals surface area contributed by atoms with E-state index < -0.39 is 85.0 Å². The van der Waals surface area contributed by atoms with E-state index in [0.29, 0.717) is 35.3 Å². The molecule has 6 rings (SSSR count). The molecule has 2 bridgehead atoms. The number of carbonyl (C=O) groups is 5. The fraction of sp³-hybridized carbons (Fsp3) is 0.581. The monoisotopic (exact) mass is 1070 g/mol. The number of phenolic OH excluding ortho intramolecular Hbond substituents is 1. The van der Waals surface area contributed by atoms with Crippen LogP contribution in [0.4, 0.5) is 13.2 Å². The molecule has 18 heteroatoms. The van der Waals surface area contributed by atoms with Crippen molar-refractivity contribution in [3.05, 3.63) is 45.0 Å². The Hall–Kier alpha value is -3.77. The molecular formula is C43H52AcF3N5O9. The van der Waals surface area contributed by atoms with E-state index in [-0.39, 0.29) is 105 Å². The molecule has 1 saturated heterocycles. The number of hydrogen-bond acceptors (Lipinski definition) is 12. The quantitative estimate of drug-likeness (QED) is 0.213. The molecule has 2 aromatic rings. The van der Waals surface area contributed by atoms with E-state index in [2.05, 4.69) is 11.0 Å². The van der Waals surface area contributed by atoms with Crippen molar-refractivity contribution in [3.63, 3.8) is 0 Å². The largest absolute Gasteiger partial charge is 0.507 e. The van der Waals surface area contributed by atoms with Gasteiger partial charge in [0.25, 0.3) is 5.91 Å². The number of amides is 4. The Morgan fingerprint density at radius 2 is 1.57 bits per heavy atom. The van der Waals surface area contributed by atoms with Gasteiger partial charge in [-0.25, -0.2) is 0 Å². The van der Waals surface area contributed by atoms with Gasteiger partial charge in [0.05, 0.1) is 18.2 Å². The molecule has 4 amide bonds. The van der Waals surface area contributed by atoms with Crippen LogP contribution < -0.4 is 14.2 Å². The van der Waals surface area contributed by atoms with Crippen LogP contribution in [-0.4, -0.2) is 105 Å². The molecule has 1 fully saturated rings. The number of carbonyl (C=O) groups excluding carboxylic acids is 5. The maximum absolute atomic E-state index is 14.6. The summed E-state index contributed by atoms with van der Waals surface area (Å²) in [7, 11) is 1.88. The Bertz CT molecular complexity index is 2160. The van der Waals surface area contributed by atoms with Crippen molar-refractivity contribution >= 4 is 29.6 Å². The topological polar surface area (TPSA) is 170 Å². The predicted molar refractivity (Wildman–Crippen MR) is 209 cm³/mol. The smallest absolute Gasteiger partial charge is 0.471 e. The number of ether oxygens (including phenoxy) is 3. The minimum absolute atomic E-state index is 0. The fourth-order valence-corrected chi connectivity index (χ4v) is 9.51. The van der Waals surface area contributed by atoms with E-state index in [1.54, 1.807) is 13.8 Å². The van der Waals surface area contributed by atoms with Gasteiger partial charge < -0.3 is 19.3 Å². The Kier molecular flexibility index (Phi) is 15.0. The number of benzene rings is 2. The summed E-state index contributed by atoms with van der Waals surface area (Å²) in [6.07, 6.45) is -4.66. The zero-order chi connectivity index (χ0) is 44.1. The van der Waals surface area contributed by atoms with Crippen molar-refractivity contribution in [2.24, 2.45) is 0 Å². The van der Waals surface area contributed by atoms with Gasteiger partial charge in [-0.1, -0.05) is 26.8 Å². The third-order valence-electron chi connectivity index (χ3n) is 12.4. The molecule has 4 aliphatic heterocycles. The van der Waals surface area contributed by atoms with Crippen LogP contribution in [0.3, 0.4) is 0 Å². The van der Waals surface area contributed by atoms with Gasteiger partial charge >= 0.3 is 18.1 Å². The van der Waals surface area contributed by atoms with Gasteiger partial charge in [0, 0.05) is 104 Å². The van der Waals surface area contributed by atoms with Crippen molar-refractivity contribution in [2.75, 3.05) is 20.4 Å². The van der Waals surface area contributed by atoms with Crippen molar-refractivity contribution in [3.8, 4) is 29.1 Å². The third kappa shape index (κ3) is 8.53. The van der Waals surface area contributed by atoms with E-state index >= 15 is 0 Å². The second-order valence-corrected chi connectivity index (χ2v) is 16.2. The van der Waals surface area contributed by atoms with Gasteiger partial charge in [-0.3, -0.25) is 43.6 Å². The number of halogens is 3. The third-order valence-corrected chi connectivity index (χ3v) is 12.4. The van der Waals surface area contributed by atoms with Crippen LogP contribution in [0.1, 0.15) is 117 Å². The molecule has 0 saturated carbocycles. The summed E-state index contributed by atoms with van der Waals surface area (Å²) in [5, 5.41) is 23.1. The fourth-order valence-electron chi connectivity index (χ4n) is 9.51. The van der Waals surface area contributed by atoms with E-state index in [1.807, 2.05) is 38.8 Å². The Morgan fingerprint density at radius 1 is 0.951 bits per heavy atom. The number of phenols is 1. The summed E-state index contributed by atoms with van der Waals surface area (Å²) < 4.78 is 60.0. The zero-order valence-electron chi connectivity index (χ0n) is 35.8. The number of esters is 1. The number of rotatable bonds is 11. The van der Waals surface area contributed by atoms with Crippen LogP contribution in [0.15, 0.2) is 6.07 Å². The summed E-state index contributed by atoms with van der Waals surface area (Å²) in [5.41, 5.74) is 4.35. The first kappa shape index (κ1) is 48.3. The average molecular weight is 1070 g/mol. The number of piperazine rings is 1. The van der Waals surface area contributed by atoms with Gasteiger partial charge in [-0.2, -0.15) is 18.4 Å². The molecule has 327 valence electrons. The van der Waals surface area contributed by atoms with E-state index in [1.165, 1.54) is 6.92 Å². The molecule has 0 aromatic heterocycles. The van der Waals surface area contributed by atoms with Crippen molar-refractivity contribution in [2.45, 2.75) is 142 Å². The standard InChI is InChI=1S/C43H52F3N5O9.Ac/c1-9-12-31(52)49(41(56)24(7)50(32(53)13-10-2)42(57)43(44,45)46)19-30-35-26(37(55)23(6)39-40(35)59-20-58-39)17-28-36-34-25(16-27(48(36)8)29(18-47)51(28)30)15-21(4)22(5)38(34)60-33(54)14-11-3;/h15,24,27-30,36,55H,9-14,16-17,19-20H2,1-8H3;/t24-,27-,28?,29-,30-,36-;/m0./s1. The number of aryl methyl sites for hydroxylation is 1. The van der Waals surface area contributed by atoms with Gasteiger partial charge in [-0.05, 0) is 83.5 Å². The molecule has 1 radical (unpaired) electrons. The maximum atomic E-state index is 14.6. The Balaban J connectivity index is 0.00000704. The molecular weight excluding hydrogens is 1010 g/mol. The molecule has 0 aliphatic carbocycles. The van der Waals surface area contributed by atoms with Crippen LogP contribution in [0.2, 0.25) is 0 Å². The number of nitriles is 1. The molecule has 1 N–H and O–H groups in total. The van der Waals surface area contributed by atoms with Crippen LogP contribution in [0.25, 0.3) is 0 Å². The number of imide groups is 2. The SMILES string of the molecule is CCCC(=O)Oc1c(C)c(C)cc2c1[C@@H]1C3Cc4c(O)c(C)c5c(c4[C@H](CN(C(=O)CCC)C(=O)[C@H](C)N(C(=O)CCC)C(=O)C(F)(F)F)N3[C@@H](C#N)[C@H](C2)N1C)OCO5.[Ac]. The first-order valence-electron chi connectivity index (χ1n) is 20.5. The van der Waals surface area contributed by atoms with Crippen molar-refractivity contribution in [1.29, 1.82) is 5.26 Å². The van der Waals surface area contributed by atoms with Gasteiger partial charge in [-0.15, -0.1) is 0 Å². The van der Waals surface area contributed by atoms with E-state index in [0.717, 1.165) is 34.1 Å². The molecule has 4 heterocycles. The number of hydrogen-bond donors (Lipinski definition) is 1. The number of alkyl halides is 3. The number of nitrogens with zero attached hydrogens (tertiary/aromatic N) is 5. The molecule has 61 heavy (non-hydrogen) atoms. The second kappa shape index (κ2) is 18.9. The summed E-state index contributed by atoms with van der Waals surface area (Å²) in [6, 6.07) is -1.34. The minimum atomic E-state index is -5.51. The van der Waals surface area contributed by atoms with Crippen LogP contribution in [-0.2, 0) is 36.8 Å². The molecule has 2 aromatic carbocycles. The number of likely N-dealkylation sites (N-methyl/N-ethyl adjacent to an activating group) is 1. The number of fused-ring (bicyclic) bond motifs is 9. The maximum Gasteiger partial charge on any atom is 0.471 e. The van der Waals surface area contributed by atoms with E-state index in [9.17, 15) is 47.5 Å². The summed E-state index contributed by atoms with van der Waals surface area (Å²) in [5.74, 6) is -5.48. The molecule has 4 aliphatic rings. The molecule has 1 unspecified atom stereocenters. The van der Waals surface area contributed by atoms with Crippen molar-refractivity contribution < 1.29 is 101 Å². The minimum Gasteiger partial charge on any atom is -0.507 e. The molecule has 14 nitrogen and oxygen atoms in total. The Morgan fingerprint density at radius 3 is 2.18 bits per heavy atom. The normalized spacial score (nSPS) is 21.8. The van der Waals surface area contributed by atoms with Gasteiger partial charge in [0.15, 0.2) is 11.5 Å². The van der Waals surface area contributed by atoms with E-state index in [4.69, 9.17) is 14.2 Å². The van der Waals surface area contributed by atoms with Crippen LogP contribution in [0, 0.1) is 76.2 Å². The molecule has 0 spiro atoms. The van der Waals surface area contributed by atoms with Crippen LogP contribution in [0.5, 0.6) is 23.0 Å². The zero-order valence-corrected chi connectivity index (χ0v) is 40.5. The summed E-state index contributed by atoms with van der Waals surface area (Å²) >= 11 is 0. The van der Waals surface area contributed by atoms with Gasteiger partial charge in [0.1, 0.15) is 23.6 Å². The van der Waals surface area contributed by atoms with Gasteiger partial charge in [0.2, 0.25) is 18.6 Å². The van der Waals surface area contributed by atoms with Crippen molar-refractivity contribution in [1.82, 2.24) is 19.6 Å². The molecule has 6 atom stereocenters. The number of aromatic hydroxyl groups is 1. The first-order chi connectivity index (χ1) is 28.3. The second-order valence-electron chi connectivity index (χ2n) is 16.2. The predicted octanol–water partition coefficient (Wildman–Crippen LogP) is 5.78. The average Bonchev–Trinajstić information content (AvgIpc) is 3.68.